The highest BCUT2D eigenvalue weighted by atomic mass is 16.5. The first-order valence-electron chi connectivity index (χ1n) is 10.1. The molecule has 8 heteroatoms. The second-order valence-corrected chi connectivity index (χ2v) is 7.80. The Morgan fingerprint density at radius 2 is 2.00 bits per heavy atom. The Kier molecular flexibility index (Phi) is 4.74. The van der Waals surface area contributed by atoms with E-state index in [4.69, 9.17) is 4.52 Å². The number of benzene rings is 2. The molecular weight excluding hydrogens is 392 g/mol. The summed E-state index contributed by atoms with van der Waals surface area (Å²) in [6, 6.07) is 15.0. The third kappa shape index (κ3) is 3.79. The minimum Gasteiger partial charge on any atom is -0.347 e. The molecule has 2 aromatic heterocycles. The van der Waals surface area contributed by atoms with Gasteiger partial charge in [0.25, 0.3) is 0 Å². The monoisotopic (exact) mass is 414 g/mol. The van der Waals surface area contributed by atoms with Gasteiger partial charge in [-0.1, -0.05) is 46.6 Å². The number of aryl methyl sites for hydroxylation is 2. The number of imidazole rings is 1. The molecule has 1 atom stereocenters. The molecule has 0 spiro atoms. The van der Waals surface area contributed by atoms with Crippen molar-refractivity contribution in [3.8, 4) is 11.4 Å². The highest BCUT2D eigenvalue weighted by molar-refractivity contribution is 5.89. The molecule has 0 radical (unpaired) electrons. The number of hydrogen-bond donors (Lipinski definition) is 2. The Hall–Kier alpha value is -3.94. The van der Waals surface area contributed by atoms with Crippen molar-refractivity contribution in [1.82, 2.24) is 25.0 Å². The Labute approximate surface area is 179 Å². The van der Waals surface area contributed by atoms with Crippen LogP contribution in [0.2, 0.25) is 0 Å². The third-order valence-electron chi connectivity index (χ3n) is 5.47. The van der Waals surface area contributed by atoms with Gasteiger partial charge < -0.3 is 19.7 Å². The minimum absolute atomic E-state index is 0.232. The largest absolute Gasteiger partial charge is 0.347 e. The van der Waals surface area contributed by atoms with Crippen LogP contribution in [-0.4, -0.2) is 31.0 Å². The van der Waals surface area contributed by atoms with Crippen LogP contribution in [-0.2, 0) is 13.0 Å². The van der Waals surface area contributed by atoms with Gasteiger partial charge in [-0.15, -0.1) is 0 Å². The van der Waals surface area contributed by atoms with Gasteiger partial charge in [-0.05, 0) is 32.0 Å². The number of rotatable bonds is 3. The number of carbonyl (C=O) groups is 1. The minimum atomic E-state index is -0.410. The van der Waals surface area contributed by atoms with Crippen molar-refractivity contribution in [1.29, 1.82) is 0 Å². The fourth-order valence-corrected chi connectivity index (χ4v) is 3.77. The molecule has 156 valence electrons. The molecule has 0 saturated carbocycles. The van der Waals surface area contributed by atoms with Crippen molar-refractivity contribution >= 4 is 11.7 Å². The van der Waals surface area contributed by atoms with Crippen LogP contribution in [0.15, 0.2) is 59.4 Å². The maximum atomic E-state index is 13.2. The van der Waals surface area contributed by atoms with E-state index in [0.29, 0.717) is 24.7 Å². The number of nitrogens with one attached hydrogen (secondary N) is 2. The molecule has 8 nitrogen and oxygen atoms in total. The Morgan fingerprint density at radius 1 is 1.16 bits per heavy atom. The van der Waals surface area contributed by atoms with Gasteiger partial charge in [-0.2, -0.15) is 4.98 Å². The molecule has 2 aromatic carbocycles. The van der Waals surface area contributed by atoms with Gasteiger partial charge >= 0.3 is 6.03 Å². The van der Waals surface area contributed by atoms with Crippen LogP contribution < -0.4 is 5.32 Å². The standard InChI is InChI=1S/C23H22N6O2/c1-14-6-8-17(9-7-14)26-23(30)29-12-19-18(24-13-25-19)11-20(29)22-27-21(28-31-22)16-5-3-4-15(2)10-16/h3-10,13,20H,11-12H2,1-2H3,(H,24,25)(H,26,30)/t20-/m0/s1. The normalized spacial score (nSPS) is 15.5. The Morgan fingerprint density at radius 3 is 2.81 bits per heavy atom. The zero-order chi connectivity index (χ0) is 21.4. The summed E-state index contributed by atoms with van der Waals surface area (Å²) in [7, 11) is 0. The predicted octanol–water partition coefficient (Wildman–Crippen LogP) is 4.41. The highest BCUT2D eigenvalue weighted by Crippen LogP contribution is 2.32. The van der Waals surface area contributed by atoms with Gasteiger partial charge in [-0.25, -0.2) is 9.78 Å². The van der Waals surface area contributed by atoms with Crippen molar-refractivity contribution in [2.75, 3.05) is 5.32 Å². The van der Waals surface area contributed by atoms with Gasteiger partial charge in [0, 0.05) is 17.7 Å². The van der Waals surface area contributed by atoms with E-state index < -0.39 is 6.04 Å². The number of fused-ring (bicyclic) bond motifs is 1. The SMILES string of the molecule is Cc1ccc(NC(=O)N2Cc3[nH]cnc3C[C@H]2c2nc(-c3cccc(C)c3)no2)cc1. The zero-order valence-electron chi connectivity index (χ0n) is 17.3. The lowest BCUT2D eigenvalue weighted by Crippen LogP contribution is -2.41. The molecule has 2 amide bonds. The van der Waals surface area contributed by atoms with Crippen molar-refractivity contribution in [2.24, 2.45) is 0 Å². The first kappa shape index (κ1) is 19.0. The maximum absolute atomic E-state index is 13.2. The number of anilines is 1. The number of H-pyrrole nitrogens is 1. The molecule has 0 fully saturated rings. The Balaban J connectivity index is 1.45. The van der Waals surface area contributed by atoms with Crippen LogP contribution in [0.5, 0.6) is 0 Å². The molecule has 2 N–H and O–H groups in total. The highest BCUT2D eigenvalue weighted by Gasteiger charge is 2.36. The van der Waals surface area contributed by atoms with Crippen LogP contribution in [0, 0.1) is 13.8 Å². The molecule has 5 rings (SSSR count). The molecular formula is C23H22N6O2. The summed E-state index contributed by atoms with van der Waals surface area (Å²) >= 11 is 0. The fraction of sp³-hybridized carbons (Fsp3) is 0.217. The number of amides is 2. The lowest BCUT2D eigenvalue weighted by atomic mass is 10.0. The second kappa shape index (κ2) is 7.71. The summed E-state index contributed by atoms with van der Waals surface area (Å²) in [5, 5.41) is 7.13. The first-order valence-corrected chi connectivity index (χ1v) is 10.1. The molecule has 0 bridgehead atoms. The van der Waals surface area contributed by atoms with E-state index >= 15 is 0 Å². The van der Waals surface area contributed by atoms with Gasteiger partial charge in [-0.3, -0.25) is 0 Å². The quantitative estimate of drug-likeness (QED) is 0.517. The summed E-state index contributed by atoms with van der Waals surface area (Å²) < 4.78 is 5.62. The van der Waals surface area contributed by atoms with E-state index in [1.807, 2.05) is 62.4 Å². The molecule has 4 aromatic rings. The fourth-order valence-electron chi connectivity index (χ4n) is 3.77. The van der Waals surface area contributed by atoms with Gasteiger partial charge in [0.05, 0.1) is 24.3 Å². The summed E-state index contributed by atoms with van der Waals surface area (Å²) in [4.78, 5) is 27.0. The molecule has 0 saturated heterocycles. The van der Waals surface area contributed by atoms with E-state index in [0.717, 1.165) is 33.8 Å². The number of aromatic nitrogens is 4. The van der Waals surface area contributed by atoms with E-state index in [-0.39, 0.29) is 6.03 Å². The number of urea groups is 1. The van der Waals surface area contributed by atoms with Gasteiger partial charge in [0.1, 0.15) is 6.04 Å². The molecule has 1 aliphatic heterocycles. The smallest absolute Gasteiger partial charge is 0.322 e. The van der Waals surface area contributed by atoms with Crippen molar-refractivity contribution < 1.29 is 9.32 Å². The van der Waals surface area contributed by atoms with Gasteiger partial charge in [0.2, 0.25) is 11.7 Å². The lowest BCUT2D eigenvalue weighted by molar-refractivity contribution is 0.155. The van der Waals surface area contributed by atoms with E-state index in [9.17, 15) is 4.79 Å². The summed E-state index contributed by atoms with van der Waals surface area (Å²) in [5.74, 6) is 0.898. The zero-order valence-corrected chi connectivity index (χ0v) is 17.3. The van der Waals surface area contributed by atoms with Gasteiger partial charge in [0.15, 0.2) is 0 Å². The van der Waals surface area contributed by atoms with Crippen molar-refractivity contribution in [2.45, 2.75) is 32.9 Å². The molecule has 3 heterocycles. The predicted molar refractivity (Wildman–Crippen MR) is 115 cm³/mol. The maximum Gasteiger partial charge on any atom is 0.322 e. The third-order valence-corrected chi connectivity index (χ3v) is 5.47. The van der Waals surface area contributed by atoms with Crippen LogP contribution >= 0.6 is 0 Å². The van der Waals surface area contributed by atoms with E-state index in [1.54, 1.807) is 11.2 Å². The lowest BCUT2D eigenvalue weighted by Gasteiger charge is -2.32. The average Bonchev–Trinajstić information content (AvgIpc) is 3.43. The molecule has 31 heavy (non-hydrogen) atoms. The molecule has 0 aliphatic carbocycles. The molecule has 0 unspecified atom stereocenters. The Bertz CT molecular complexity index is 1230. The van der Waals surface area contributed by atoms with Crippen LogP contribution in [0.3, 0.4) is 0 Å². The number of carbonyl (C=O) groups excluding carboxylic acids is 1. The van der Waals surface area contributed by atoms with Crippen molar-refractivity contribution in [3.05, 3.63) is 83.3 Å². The van der Waals surface area contributed by atoms with Crippen molar-refractivity contribution in [3.63, 3.8) is 0 Å². The number of aromatic amines is 1. The van der Waals surface area contributed by atoms with Crippen LogP contribution in [0.1, 0.15) is 34.4 Å². The second-order valence-electron chi connectivity index (χ2n) is 7.80. The first-order chi connectivity index (χ1) is 15.1. The average molecular weight is 414 g/mol. The van der Waals surface area contributed by atoms with E-state index in [1.165, 1.54) is 0 Å². The molecule has 1 aliphatic rings. The van der Waals surface area contributed by atoms with Crippen LogP contribution in [0.4, 0.5) is 10.5 Å². The summed E-state index contributed by atoms with van der Waals surface area (Å²) in [5.41, 5.74) is 5.67. The summed E-state index contributed by atoms with van der Waals surface area (Å²) in [6.07, 6.45) is 2.14. The van der Waals surface area contributed by atoms with Crippen LogP contribution in [0.25, 0.3) is 11.4 Å². The summed E-state index contributed by atoms with van der Waals surface area (Å²) in [6.45, 7) is 4.40. The van der Waals surface area contributed by atoms with E-state index in [2.05, 4.69) is 25.4 Å². The number of nitrogens with zero attached hydrogens (tertiary/aromatic N) is 4. The topological polar surface area (TPSA) is 99.9 Å². The number of hydrogen-bond acceptors (Lipinski definition) is 5.